The van der Waals surface area contributed by atoms with Gasteiger partial charge in [0.2, 0.25) is 0 Å². The van der Waals surface area contributed by atoms with Crippen molar-refractivity contribution >= 4 is 0 Å². The lowest BCUT2D eigenvalue weighted by Crippen LogP contribution is -2.19. The van der Waals surface area contributed by atoms with Crippen LogP contribution in [0.15, 0.2) is 18.2 Å². The molecule has 1 rings (SSSR count). The summed E-state index contributed by atoms with van der Waals surface area (Å²) in [5.74, 6) is -0.0654. The van der Waals surface area contributed by atoms with Gasteiger partial charge in [0.25, 0.3) is 0 Å². The molecule has 0 aliphatic rings. The second-order valence-electron chi connectivity index (χ2n) is 3.75. The van der Waals surface area contributed by atoms with Crippen LogP contribution in [0.4, 0.5) is 4.39 Å². The first-order valence-electron chi connectivity index (χ1n) is 5.35. The molecular formula is C12H18FNO2. The number of aliphatic hydroxyl groups excluding tert-OH is 1. The minimum Gasteiger partial charge on any atom is -0.494 e. The van der Waals surface area contributed by atoms with E-state index in [4.69, 9.17) is 9.84 Å². The van der Waals surface area contributed by atoms with Gasteiger partial charge in [0.05, 0.1) is 13.2 Å². The zero-order valence-corrected chi connectivity index (χ0v) is 9.66. The summed E-state index contributed by atoms with van der Waals surface area (Å²) in [6, 6.07) is 5.06. The standard InChI is InChI=1S/C12H18FNO2/c1-9(15)6-7-14-8-10-4-3-5-11(16-2)12(10)13/h3-5,9,14-15H,6-8H2,1-2H3. The largest absolute Gasteiger partial charge is 0.494 e. The third kappa shape index (κ3) is 3.79. The van der Waals surface area contributed by atoms with Crippen molar-refractivity contribution in [2.45, 2.75) is 26.0 Å². The summed E-state index contributed by atoms with van der Waals surface area (Å²) in [4.78, 5) is 0. The second kappa shape index (κ2) is 6.45. The molecule has 1 atom stereocenters. The van der Waals surface area contributed by atoms with Crippen LogP contribution in [0.25, 0.3) is 0 Å². The van der Waals surface area contributed by atoms with Crippen LogP contribution in [0.3, 0.4) is 0 Å². The van der Waals surface area contributed by atoms with E-state index in [1.807, 2.05) is 0 Å². The lowest BCUT2D eigenvalue weighted by atomic mass is 10.2. The summed E-state index contributed by atoms with van der Waals surface area (Å²) < 4.78 is 18.5. The van der Waals surface area contributed by atoms with E-state index in [1.54, 1.807) is 25.1 Å². The minimum atomic E-state index is -0.331. The maximum Gasteiger partial charge on any atom is 0.169 e. The molecule has 0 amide bonds. The molecule has 0 saturated carbocycles. The van der Waals surface area contributed by atoms with E-state index in [-0.39, 0.29) is 17.7 Å². The number of halogens is 1. The number of nitrogens with one attached hydrogen (secondary N) is 1. The van der Waals surface area contributed by atoms with Gasteiger partial charge in [0.1, 0.15) is 0 Å². The zero-order chi connectivity index (χ0) is 12.0. The van der Waals surface area contributed by atoms with Crippen molar-refractivity contribution in [3.8, 4) is 5.75 Å². The molecule has 3 nitrogen and oxygen atoms in total. The Bertz CT molecular complexity index is 329. The molecule has 1 aromatic rings. The number of benzene rings is 1. The van der Waals surface area contributed by atoms with Gasteiger partial charge in [-0.1, -0.05) is 12.1 Å². The van der Waals surface area contributed by atoms with E-state index in [1.165, 1.54) is 7.11 Å². The summed E-state index contributed by atoms with van der Waals surface area (Å²) in [5, 5.41) is 12.1. The first-order valence-corrected chi connectivity index (χ1v) is 5.35. The summed E-state index contributed by atoms with van der Waals surface area (Å²) in [6.45, 7) is 2.83. The molecule has 0 heterocycles. The highest BCUT2D eigenvalue weighted by molar-refractivity contribution is 5.30. The fraction of sp³-hybridized carbons (Fsp3) is 0.500. The molecule has 0 bridgehead atoms. The Labute approximate surface area is 95.2 Å². The van der Waals surface area contributed by atoms with Crippen molar-refractivity contribution < 1.29 is 14.2 Å². The van der Waals surface area contributed by atoms with Gasteiger partial charge in [0.15, 0.2) is 11.6 Å². The lowest BCUT2D eigenvalue weighted by molar-refractivity contribution is 0.183. The molecule has 90 valence electrons. The van der Waals surface area contributed by atoms with Gasteiger partial charge >= 0.3 is 0 Å². The van der Waals surface area contributed by atoms with E-state index in [2.05, 4.69) is 5.32 Å². The SMILES string of the molecule is COc1cccc(CNCCC(C)O)c1F. The Kier molecular flexibility index (Phi) is 5.22. The molecule has 0 spiro atoms. The molecule has 0 fully saturated rings. The Morgan fingerprint density at radius 3 is 2.88 bits per heavy atom. The van der Waals surface area contributed by atoms with Crippen LogP contribution in [0.2, 0.25) is 0 Å². The predicted octanol–water partition coefficient (Wildman–Crippen LogP) is 1.69. The van der Waals surface area contributed by atoms with Crippen LogP contribution in [-0.4, -0.2) is 24.9 Å². The number of hydrogen-bond acceptors (Lipinski definition) is 3. The van der Waals surface area contributed by atoms with Crippen molar-refractivity contribution in [3.63, 3.8) is 0 Å². The van der Waals surface area contributed by atoms with Crippen molar-refractivity contribution in [1.82, 2.24) is 5.32 Å². The molecule has 1 aromatic carbocycles. The van der Waals surface area contributed by atoms with Gasteiger partial charge in [0, 0.05) is 12.1 Å². The third-order valence-corrected chi connectivity index (χ3v) is 2.32. The molecule has 0 aliphatic carbocycles. The Morgan fingerprint density at radius 2 is 2.25 bits per heavy atom. The van der Waals surface area contributed by atoms with Crippen molar-refractivity contribution in [2.75, 3.05) is 13.7 Å². The number of hydrogen-bond donors (Lipinski definition) is 2. The molecule has 2 N–H and O–H groups in total. The maximum absolute atomic E-state index is 13.6. The molecule has 1 unspecified atom stereocenters. The molecule has 0 saturated heterocycles. The normalized spacial score (nSPS) is 12.5. The highest BCUT2D eigenvalue weighted by Gasteiger charge is 2.07. The highest BCUT2D eigenvalue weighted by atomic mass is 19.1. The van der Waals surface area contributed by atoms with E-state index in [9.17, 15) is 4.39 Å². The summed E-state index contributed by atoms with van der Waals surface area (Å²) in [6.07, 6.45) is 0.327. The Hall–Kier alpha value is -1.13. The van der Waals surface area contributed by atoms with Gasteiger partial charge in [-0.2, -0.15) is 0 Å². The van der Waals surface area contributed by atoms with Crippen LogP contribution < -0.4 is 10.1 Å². The number of ether oxygens (including phenoxy) is 1. The predicted molar refractivity (Wildman–Crippen MR) is 61.0 cm³/mol. The Morgan fingerprint density at radius 1 is 1.50 bits per heavy atom. The lowest BCUT2D eigenvalue weighted by Gasteiger charge is -2.09. The molecule has 0 aromatic heterocycles. The summed E-state index contributed by atoms with van der Waals surface area (Å²) in [5.41, 5.74) is 0.574. The van der Waals surface area contributed by atoms with Gasteiger partial charge in [-0.05, 0) is 26.0 Å². The molecule has 0 radical (unpaired) electrons. The van der Waals surface area contributed by atoms with Crippen LogP contribution in [0.5, 0.6) is 5.75 Å². The van der Waals surface area contributed by atoms with Gasteiger partial charge in [-0.3, -0.25) is 0 Å². The number of methoxy groups -OCH3 is 1. The summed E-state index contributed by atoms with van der Waals surface area (Å²) >= 11 is 0. The molecule has 4 heteroatoms. The topological polar surface area (TPSA) is 41.5 Å². The molecule has 0 aliphatic heterocycles. The van der Waals surface area contributed by atoms with Crippen LogP contribution in [0, 0.1) is 5.82 Å². The first kappa shape index (κ1) is 12.9. The zero-order valence-electron chi connectivity index (χ0n) is 9.66. The monoisotopic (exact) mass is 227 g/mol. The van der Waals surface area contributed by atoms with E-state index in [0.29, 0.717) is 25.1 Å². The first-order chi connectivity index (χ1) is 7.65. The van der Waals surface area contributed by atoms with E-state index >= 15 is 0 Å². The smallest absolute Gasteiger partial charge is 0.169 e. The Balaban J connectivity index is 2.47. The van der Waals surface area contributed by atoms with Gasteiger partial charge in [-0.15, -0.1) is 0 Å². The average Bonchev–Trinajstić information content (AvgIpc) is 2.26. The number of aliphatic hydroxyl groups is 1. The fourth-order valence-corrected chi connectivity index (χ4v) is 1.38. The van der Waals surface area contributed by atoms with Crippen molar-refractivity contribution in [3.05, 3.63) is 29.6 Å². The summed E-state index contributed by atoms with van der Waals surface area (Å²) in [7, 11) is 1.45. The van der Waals surface area contributed by atoms with E-state index in [0.717, 1.165) is 0 Å². The van der Waals surface area contributed by atoms with Gasteiger partial charge < -0.3 is 15.2 Å². The average molecular weight is 227 g/mol. The molecule has 16 heavy (non-hydrogen) atoms. The highest BCUT2D eigenvalue weighted by Crippen LogP contribution is 2.19. The van der Waals surface area contributed by atoms with Crippen LogP contribution >= 0.6 is 0 Å². The van der Waals surface area contributed by atoms with Crippen molar-refractivity contribution in [1.29, 1.82) is 0 Å². The van der Waals surface area contributed by atoms with Crippen LogP contribution in [0.1, 0.15) is 18.9 Å². The second-order valence-corrected chi connectivity index (χ2v) is 3.75. The van der Waals surface area contributed by atoms with Crippen LogP contribution in [-0.2, 0) is 6.54 Å². The quantitative estimate of drug-likeness (QED) is 0.727. The fourth-order valence-electron chi connectivity index (χ4n) is 1.38. The third-order valence-electron chi connectivity index (χ3n) is 2.32. The minimum absolute atomic E-state index is 0.259. The van der Waals surface area contributed by atoms with Gasteiger partial charge in [-0.25, -0.2) is 4.39 Å². The maximum atomic E-state index is 13.6. The van der Waals surface area contributed by atoms with Crippen molar-refractivity contribution in [2.24, 2.45) is 0 Å². The van der Waals surface area contributed by atoms with E-state index < -0.39 is 0 Å². The molecular weight excluding hydrogens is 209 g/mol. The number of rotatable bonds is 6.